The molecule has 6 heteroatoms. The van der Waals surface area contributed by atoms with Gasteiger partial charge in [0.25, 0.3) is 5.92 Å². The number of halogens is 5. The Kier molecular flexibility index (Phi) is 6.55. The van der Waals surface area contributed by atoms with Crippen LogP contribution in [0.15, 0.2) is 24.3 Å². The molecule has 0 N–H and O–H groups in total. The third-order valence-electron chi connectivity index (χ3n) is 6.57. The van der Waals surface area contributed by atoms with Crippen LogP contribution in [-0.4, -0.2) is 12.0 Å². The van der Waals surface area contributed by atoms with Crippen LogP contribution in [0.25, 0.3) is 0 Å². The molecule has 1 aromatic rings. The fourth-order valence-electron chi connectivity index (χ4n) is 5.10. The first-order valence-corrected chi connectivity index (χ1v) is 10.4. The van der Waals surface area contributed by atoms with E-state index < -0.39 is 29.7 Å². The Morgan fingerprint density at radius 1 is 1.00 bits per heavy atom. The van der Waals surface area contributed by atoms with Gasteiger partial charge in [-0.1, -0.05) is 19.8 Å². The maximum Gasteiger partial charge on any atom is 0.400 e. The van der Waals surface area contributed by atoms with Crippen molar-refractivity contribution in [3.05, 3.63) is 30.1 Å². The van der Waals surface area contributed by atoms with Crippen molar-refractivity contribution in [1.29, 1.82) is 0 Å². The van der Waals surface area contributed by atoms with E-state index in [0.717, 1.165) is 31.4 Å². The second-order valence-corrected chi connectivity index (χ2v) is 8.53. The summed E-state index contributed by atoms with van der Waals surface area (Å²) < 4.78 is 76.1. The number of ether oxygens (including phenoxy) is 1. The summed E-state index contributed by atoms with van der Waals surface area (Å²) in [6, 6.07) is 4.48. The highest BCUT2D eigenvalue weighted by Crippen LogP contribution is 2.51. The van der Waals surface area contributed by atoms with E-state index >= 15 is 0 Å². The van der Waals surface area contributed by atoms with Crippen LogP contribution < -0.4 is 4.74 Å². The van der Waals surface area contributed by atoms with Crippen molar-refractivity contribution in [2.45, 2.75) is 76.7 Å². The number of hydrogen-bond donors (Lipinski definition) is 0. The zero-order chi connectivity index (χ0) is 20.4. The third-order valence-corrected chi connectivity index (χ3v) is 6.57. The fourth-order valence-corrected chi connectivity index (χ4v) is 5.10. The minimum absolute atomic E-state index is 0.0602. The van der Waals surface area contributed by atoms with Gasteiger partial charge in [-0.2, -0.15) is 8.78 Å². The molecule has 0 spiro atoms. The average molecular weight is 404 g/mol. The topological polar surface area (TPSA) is 9.23 Å². The molecule has 0 saturated heterocycles. The molecule has 1 aromatic carbocycles. The number of hydrogen-bond acceptors (Lipinski definition) is 1. The highest BCUT2D eigenvalue weighted by Gasteiger charge is 2.51. The molecule has 2 unspecified atom stereocenters. The van der Waals surface area contributed by atoms with E-state index in [1.165, 1.54) is 12.1 Å². The molecule has 2 aliphatic rings. The van der Waals surface area contributed by atoms with Gasteiger partial charge < -0.3 is 4.74 Å². The smallest absolute Gasteiger partial charge is 0.400 e. The molecule has 158 valence electrons. The fraction of sp³-hybridized carbons (Fsp3) is 0.727. The molecule has 0 bridgehead atoms. The maximum absolute atomic E-state index is 14.7. The minimum atomic E-state index is -3.38. The predicted octanol–water partition coefficient (Wildman–Crippen LogP) is 7.46. The van der Waals surface area contributed by atoms with Gasteiger partial charge in [0.2, 0.25) is 0 Å². The van der Waals surface area contributed by atoms with Crippen LogP contribution in [0.4, 0.5) is 22.0 Å². The Bertz CT molecular complexity index is 622. The average Bonchev–Trinajstić information content (AvgIpc) is 2.63. The normalized spacial score (nSPS) is 30.8. The van der Waals surface area contributed by atoms with Gasteiger partial charge in [0.05, 0.1) is 5.92 Å². The molecule has 2 aliphatic carbocycles. The summed E-state index contributed by atoms with van der Waals surface area (Å²) in [7, 11) is 0. The summed E-state index contributed by atoms with van der Waals surface area (Å²) in [4.78, 5) is 0. The molecule has 2 saturated carbocycles. The first kappa shape index (κ1) is 21.4. The summed E-state index contributed by atoms with van der Waals surface area (Å²) in [5, 5.41) is 0. The molecular formula is C22H29F5O. The molecule has 28 heavy (non-hydrogen) atoms. The Hall–Kier alpha value is -1.33. The van der Waals surface area contributed by atoms with Crippen LogP contribution in [-0.2, 0) is 0 Å². The van der Waals surface area contributed by atoms with Crippen molar-refractivity contribution in [3.8, 4) is 5.75 Å². The molecule has 0 amide bonds. The molecule has 0 aliphatic heterocycles. The summed E-state index contributed by atoms with van der Waals surface area (Å²) >= 11 is 0. The number of alkyl halides is 4. The lowest BCUT2D eigenvalue weighted by Crippen LogP contribution is -2.43. The molecular weight excluding hydrogens is 375 g/mol. The molecule has 3 rings (SSSR count). The molecule has 0 radical (unpaired) electrons. The van der Waals surface area contributed by atoms with E-state index in [1.54, 1.807) is 0 Å². The lowest BCUT2D eigenvalue weighted by molar-refractivity contribution is -0.226. The SMILES string of the molecule is CCCC1CCC(C2CCC(C(F)(F)Oc3ccc(F)cc3)CC2)C(F)(F)C1. The molecule has 0 aromatic heterocycles. The first-order chi connectivity index (χ1) is 13.2. The van der Waals surface area contributed by atoms with Gasteiger partial charge in [0, 0.05) is 12.3 Å². The Morgan fingerprint density at radius 3 is 2.21 bits per heavy atom. The Labute approximate surface area is 163 Å². The van der Waals surface area contributed by atoms with Gasteiger partial charge in [-0.25, -0.2) is 13.2 Å². The van der Waals surface area contributed by atoms with Gasteiger partial charge in [0.15, 0.2) is 0 Å². The van der Waals surface area contributed by atoms with Gasteiger partial charge >= 0.3 is 6.11 Å². The van der Waals surface area contributed by atoms with Crippen LogP contribution in [0.3, 0.4) is 0 Å². The number of rotatable bonds is 6. The van der Waals surface area contributed by atoms with Crippen molar-refractivity contribution in [2.75, 3.05) is 0 Å². The second kappa shape index (κ2) is 8.58. The quantitative estimate of drug-likeness (QED) is 0.447. The lowest BCUT2D eigenvalue weighted by atomic mass is 9.66. The summed E-state index contributed by atoms with van der Waals surface area (Å²) in [5.41, 5.74) is 0. The largest absolute Gasteiger partial charge is 0.432 e. The van der Waals surface area contributed by atoms with Crippen molar-refractivity contribution in [2.24, 2.45) is 23.7 Å². The monoisotopic (exact) mass is 404 g/mol. The summed E-state index contributed by atoms with van der Waals surface area (Å²) in [5.74, 6) is -5.11. The molecule has 2 atom stereocenters. The molecule has 0 heterocycles. The predicted molar refractivity (Wildman–Crippen MR) is 98.1 cm³/mol. The van der Waals surface area contributed by atoms with Crippen molar-refractivity contribution in [1.82, 2.24) is 0 Å². The van der Waals surface area contributed by atoms with Crippen molar-refractivity contribution >= 4 is 0 Å². The van der Waals surface area contributed by atoms with Gasteiger partial charge in [-0.05, 0) is 74.6 Å². The van der Waals surface area contributed by atoms with E-state index in [1.807, 2.05) is 6.92 Å². The Balaban J connectivity index is 1.55. The van der Waals surface area contributed by atoms with E-state index in [-0.39, 0.29) is 36.8 Å². The highest BCUT2D eigenvalue weighted by atomic mass is 19.3. The van der Waals surface area contributed by atoms with Crippen LogP contribution in [0, 0.1) is 29.5 Å². The summed E-state index contributed by atoms with van der Waals surface area (Å²) in [6.45, 7) is 2.01. The Morgan fingerprint density at radius 2 is 1.64 bits per heavy atom. The zero-order valence-corrected chi connectivity index (χ0v) is 16.3. The van der Waals surface area contributed by atoms with E-state index in [2.05, 4.69) is 0 Å². The zero-order valence-electron chi connectivity index (χ0n) is 16.3. The maximum atomic E-state index is 14.7. The minimum Gasteiger partial charge on any atom is -0.432 e. The van der Waals surface area contributed by atoms with Gasteiger partial charge in [-0.15, -0.1) is 0 Å². The van der Waals surface area contributed by atoms with Crippen LogP contribution in [0.1, 0.15) is 64.7 Å². The van der Waals surface area contributed by atoms with E-state index in [4.69, 9.17) is 4.74 Å². The highest BCUT2D eigenvalue weighted by molar-refractivity contribution is 5.22. The van der Waals surface area contributed by atoms with E-state index in [9.17, 15) is 22.0 Å². The van der Waals surface area contributed by atoms with Crippen LogP contribution >= 0.6 is 0 Å². The molecule has 1 nitrogen and oxygen atoms in total. The number of benzene rings is 1. The van der Waals surface area contributed by atoms with Gasteiger partial charge in [-0.3, -0.25) is 0 Å². The lowest BCUT2D eigenvalue weighted by Gasteiger charge is -2.43. The second-order valence-electron chi connectivity index (χ2n) is 8.53. The first-order valence-electron chi connectivity index (χ1n) is 10.4. The third kappa shape index (κ3) is 4.98. The van der Waals surface area contributed by atoms with E-state index in [0.29, 0.717) is 19.3 Å². The van der Waals surface area contributed by atoms with Crippen molar-refractivity contribution in [3.63, 3.8) is 0 Å². The summed E-state index contributed by atoms with van der Waals surface area (Å²) in [6.07, 6.45) is 0.722. The van der Waals surface area contributed by atoms with Crippen molar-refractivity contribution < 1.29 is 26.7 Å². The van der Waals surface area contributed by atoms with Gasteiger partial charge in [0.1, 0.15) is 11.6 Å². The van der Waals surface area contributed by atoms with Crippen LogP contribution in [0.5, 0.6) is 5.75 Å². The molecule has 2 fully saturated rings. The van der Waals surface area contributed by atoms with Crippen LogP contribution in [0.2, 0.25) is 0 Å². The standard InChI is InChI=1S/C22H29F5O/c1-2-3-15-4-13-20(21(24,25)14-15)16-5-7-17(8-6-16)22(26,27)28-19-11-9-18(23)10-12-19/h9-12,15-17,20H,2-8,13-14H2,1H3.